The Balaban J connectivity index is 1.95. The van der Waals surface area contributed by atoms with Crippen LogP contribution in [-0.4, -0.2) is 55.7 Å². The smallest absolute Gasteiger partial charge is 0.308 e. The minimum atomic E-state index is -0.937. The molecule has 2 aromatic heterocycles. The fraction of sp³-hybridized carbons (Fsp3) is 0.417. The van der Waals surface area contributed by atoms with E-state index in [2.05, 4.69) is 15.4 Å². The minimum absolute atomic E-state index is 0.0682. The fourth-order valence-electron chi connectivity index (χ4n) is 1.65. The van der Waals surface area contributed by atoms with Gasteiger partial charge in [0.05, 0.1) is 10.8 Å². The predicted molar refractivity (Wildman–Crippen MR) is 75.6 cm³/mol. The normalized spacial score (nSPS) is 12.1. The quantitative estimate of drug-likeness (QED) is 0.837. The molecule has 1 atom stereocenters. The summed E-state index contributed by atoms with van der Waals surface area (Å²) in [5.41, 5.74) is 0. The van der Waals surface area contributed by atoms with Crippen molar-refractivity contribution in [3.8, 4) is 10.7 Å². The van der Waals surface area contributed by atoms with Crippen LogP contribution in [0.15, 0.2) is 17.5 Å². The number of likely N-dealkylation sites (N-methyl/N-ethyl adjacent to an activating group) is 1. The Hall–Kier alpha value is -2.29. The van der Waals surface area contributed by atoms with Crippen molar-refractivity contribution in [1.82, 2.24) is 25.1 Å². The molecule has 8 nitrogen and oxygen atoms in total. The van der Waals surface area contributed by atoms with E-state index in [1.54, 1.807) is 14.0 Å². The lowest BCUT2D eigenvalue weighted by Crippen LogP contribution is -2.36. The molecule has 0 bridgehead atoms. The van der Waals surface area contributed by atoms with E-state index in [9.17, 15) is 9.59 Å². The molecule has 21 heavy (non-hydrogen) atoms. The fourth-order valence-corrected chi connectivity index (χ4v) is 2.29. The van der Waals surface area contributed by atoms with Gasteiger partial charge in [-0.1, -0.05) is 13.0 Å². The summed E-state index contributed by atoms with van der Waals surface area (Å²) >= 11 is 1.49. The number of hydrogen-bond donors (Lipinski definition) is 1. The number of thiophene rings is 1. The molecule has 0 radical (unpaired) electrons. The zero-order valence-electron chi connectivity index (χ0n) is 11.6. The van der Waals surface area contributed by atoms with Crippen LogP contribution in [0.5, 0.6) is 0 Å². The van der Waals surface area contributed by atoms with Gasteiger partial charge in [0.25, 0.3) is 0 Å². The summed E-state index contributed by atoms with van der Waals surface area (Å²) < 4.78 is 0. The van der Waals surface area contributed by atoms with Gasteiger partial charge < -0.3 is 10.0 Å². The number of aliphatic carboxylic acids is 1. The van der Waals surface area contributed by atoms with E-state index in [-0.39, 0.29) is 19.0 Å². The molecular weight excluding hydrogens is 294 g/mol. The van der Waals surface area contributed by atoms with Gasteiger partial charge in [0.15, 0.2) is 0 Å². The molecule has 0 aliphatic rings. The lowest BCUT2D eigenvalue weighted by Gasteiger charge is -2.18. The maximum absolute atomic E-state index is 12.0. The Morgan fingerprint density at radius 2 is 2.29 bits per heavy atom. The third kappa shape index (κ3) is 3.85. The van der Waals surface area contributed by atoms with Crippen LogP contribution in [0.25, 0.3) is 10.7 Å². The van der Waals surface area contributed by atoms with Crippen LogP contribution in [0, 0.1) is 5.92 Å². The summed E-state index contributed by atoms with van der Waals surface area (Å²) in [6.45, 7) is 1.62. The van der Waals surface area contributed by atoms with E-state index in [4.69, 9.17) is 5.11 Å². The molecule has 1 unspecified atom stereocenters. The molecule has 0 aromatic carbocycles. The van der Waals surface area contributed by atoms with Gasteiger partial charge in [-0.2, -0.15) is 4.80 Å². The average Bonchev–Trinajstić information content (AvgIpc) is 3.08. The Bertz CT molecular complexity index is 625. The van der Waals surface area contributed by atoms with Gasteiger partial charge in [0, 0.05) is 13.6 Å². The Labute approximate surface area is 125 Å². The number of carbonyl (C=O) groups is 2. The van der Waals surface area contributed by atoms with Crippen LogP contribution in [-0.2, 0) is 16.1 Å². The van der Waals surface area contributed by atoms with Crippen LogP contribution in [0.3, 0.4) is 0 Å². The van der Waals surface area contributed by atoms with E-state index in [0.29, 0.717) is 5.82 Å². The summed E-state index contributed by atoms with van der Waals surface area (Å²) in [6.07, 6.45) is 0. The molecule has 0 spiro atoms. The van der Waals surface area contributed by atoms with Crippen molar-refractivity contribution in [1.29, 1.82) is 0 Å². The zero-order chi connectivity index (χ0) is 15.4. The molecule has 0 saturated heterocycles. The molecule has 2 rings (SSSR count). The standard InChI is InChI=1S/C12H15N5O3S/c1-8(12(19)20)6-16(2)10(18)7-17-14-11(13-15-17)9-4-3-5-21-9/h3-5,8H,6-7H2,1-2H3,(H,19,20). The lowest BCUT2D eigenvalue weighted by molar-refractivity contribution is -0.142. The van der Waals surface area contributed by atoms with Crippen LogP contribution in [0.1, 0.15) is 6.92 Å². The summed E-state index contributed by atoms with van der Waals surface area (Å²) in [5.74, 6) is -1.35. The van der Waals surface area contributed by atoms with Crippen LogP contribution >= 0.6 is 11.3 Å². The Morgan fingerprint density at radius 3 is 2.90 bits per heavy atom. The second-order valence-electron chi connectivity index (χ2n) is 4.63. The van der Waals surface area contributed by atoms with Crippen molar-refractivity contribution in [2.75, 3.05) is 13.6 Å². The van der Waals surface area contributed by atoms with Crippen molar-refractivity contribution in [2.45, 2.75) is 13.5 Å². The molecule has 0 aliphatic heterocycles. The van der Waals surface area contributed by atoms with Gasteiger partial charge in [-0.15, -0.1) is 21.5 Å². The highest BCUT2D eigenvalue weighted by Crippen LogP contribution is 2.19. The zero-order valence-corrected chi connectivity index (χ0v) is 12.4. The van der Waals surface area contributed by atoms with Crippen LogP contribution < -0.4 is 0 Å². The number of hydrogen-bond acceptors (Lipinski definition) is 6. The molecule has 112 valence electrons. The Kier molecular flexibility index (Phi) is 4.63. The summed E-state index contributed by atoms with van der Waals surface area (Å²) in [4.78, 5) is 26.2. The monoisotopic (exact) mass is 309 g/mol. The van der Waals surface area contributed by atoms with Crippen LogP contribution in [0.4, 0.5) is 0 Å². The van der Waals surface area contributed by atoms with E-state index in [1.165, 1.54) is 21.0 Å². The number of aromatic nitrogens is 4. The molecule has 0 aliphatic carbocycles. The minimum Gasteiger partial charge on any atom is -0.481 e. The van der Waals surface area contributed by atoms with E-state index in [1.807, 2.05) is 17.5 Å². The van der Waals surface area contributed by atoms with Crippen molar-refractivity contribution in [3.63, 3.8) is 0 Å². The highest BCUT2D eigenvalue weighted by molar-refractivity contribution is 7.13. The number of tetrazole rings is 1. The largest absolute Gasteiger partial charge is 0.481 e. The molecule has 1 N–H and O–H groups in total. The third-order valence-corrected chi connectivity index (χ3v) is 3.73. The first-order valence-corrected chi connectivity index (χ1v) is 7.13. The number of carboxylic acid groups (broad SMARTS) is 1. The highest BCUT2D eigenvalue weighted by atomic mass is 32.1. The number of carbonyl (C=O) groups excluding carboxylic acids is 1. The average molecular weight is 309 g/mol. The van der Waals surface area contributed by atoms with E-state index < -0.39 is 11.9 Å². The van der Waals surface area contributed by atoms with Crippen molar-refractivity contribution in [3.05, 3.63) is 17.5 Å². The van der Waals surface area contributed by atoms with Crippen molar-refractivity contribution in [2.24, 2.45) is 5.92 Å². The van der Waals surface area contributed by atoms with Crippen molar-refractivity contribution >= 4 is 23.2 Å². The molecule has 1 amide bonds. The molecule has 9 heteroatoms. The highest BCUT2D eigenvalue weighted by Gasteiger charge is 2.18. The van der Waals surface area contributed by atoms with Gasteiger partial charge in [-0.05, 0) is 16.7 Å². The molecule has 0 saturated carbocycles. The van der Waals surface area contributed by atoms with Crippen molar-refractivity contribution < 1.29 is 14.7 Å². The molecule has 2 aromatic rings. The third-order valence-electron chi connectivity index (χ3n) is 2.87. The second kappa shape index (κ2) is 6.44. The van der Waals surface area contributed by atoms with Gasteiger partial charge in [-0.3, -0.25) is 9.59 Å². The number of nitrogens with zero attached hydrogens (tertiary/aromatic N) is 5. The van der Waals surface area contributed by atoms with E-state index in [0.717, 1.165) is 4.88 Å². The Morgan fingerprint density at radius 1 is 1.52 bits per heavy atom. The van der Waals surface area contributed by atoms with Gasteiger partial charge in [-0.25, -0.2) is 0 Å². The molecule has 0 fully saturated rings. The predicted octanol–water partition coefficient (Wildman–Crippen LogP) is 0.581. The van der Waals surface area contributed by atoms with Gasteiger partial charge in [0.2, 0.25) is 11.7 Å². The second-order valence-corrected chi connectivity index (χ2v) is 5.58. The summed E-state index contributed by atoms with van der Waals surface area (Å²) in [7, 11) is 1.55. The van der Waals surface area contributed by atoms with Gasteiger partial charge in [0.1, 0.15) is 6.54 Å². The number of carboxylic acids is 1. The number of rotatable bonds is 6. The lowest BCUT2D eigenvalue weighted by atomic mass is 10.2. The first-order valence-electron chi connectivity index (χ1n) is 6.26. The maximum atomic E-state index is 12.0. The molecule has 2 heterocycles. The van der Waals surface area contributed by atoms with Crippen LogP contribution in [0.2, 0.25) is 0 Å². The maximum Gasteiger partial charge on any atom is 0.308 e. The number of amides is 1. The topological polar surface area (TPSA) is 101 Å². The first kappa shape index (κ1) is 15.1. The van der Waals surface area contributed by atoms with Gasteiger partial charge >= 0.3 is 5.97 Å². The first-order chi connectivity index (χ1) is 9.97. The molecular formula is C12H15N5O3S. The summed E-state index contributed by atoms with van der Waals surface area (Å²) in [5, 5.41) is 22.6. The SMILES string of the molecule is CC(CN(C)C(=O)Cn1nnc(-c2cccs2)n1)C(=O)O. The van der Waals surface area contributed by atoms with E-state index >= 15 is 0 Å². The summed E-state index contributed by atoms with van der Waals surface area (Å²) in [6, 6.07) is 3.75.